The molecule has 1 aromatic carbocycles. The lowest BCUT2D eigenvalue weighted by molar-refractivity contribution is -0.143. The summed E-state index contributed by atoms with van der Waals surface area (Å²) in [5.41, 5.74) is -0.337. The van der Waals surface area contributed by atoms with Crippen LogP contribution in [0.3, 0.4) is 0 Å². The van der Waals surface area contributed by atoms with Crippen LogP contribution in [0, 0.1) is 0 Å². The van der Waals surface area contributed by atoms with Gasteiger partial charge in [-0.05, 0) is 36.6 Å². The lowest BCUT2D eigenvalue weighted by atomic mass is 10.1. The molecule has 1 aromatic rings. The Morgan fingerprint density at radius 1 is 1.23 bits per heavy atom. The lowest BCUT2D eigenvalue weighted by Crippen LogP contribution is -2.30. The van der Waals surface area contributed by atoms with E-state index in [0.717, 1.165) is 31.1 Å². The maximum Gasteiger partial charge on any atom is 0.416 e. The Hall–Kier alpha value is -2.31. The minimum Gasteiger partial charge on any atom is -0.452 e. The summed E-state index contributed by atoms with van der Waals surface area (Å²) in [6.07, 6.45) is -0.134. The van der Waals surface area contributed by atoms with Crippen LogP contribution < -0.4 is 5.32 Å². The topological polar surface area (TPSA) is 55.4 Å². The number of carbonyl (C=O) groups is 2. The van der Waals surface area contributed by atoms with Gasteiger partial charge in [-0.2, -0.15) is 13.2 Å². The second-order valence-electron chi connectivity index (χ2n) is 4.90. The number of esters is 1. The van der Waals surface area contributed by atoms with E-state index < -0.39 is 17.7 Å². The smallest absolute Gasteiger partial charge is 0.416 e. The van der Waals surface area contributed by atoms with E-state index in [4.69, 9.17) is 4.74 Å². The molecule has 1 fully saturated rings. The minimum absolute atomic E-state index is 0.189. The zero-order valence-corrected chi connectivity index (χ0v) is 11.5. The van der Waals surface area contributed by atoms with Crippen molar-refractivity contribution in [1.29, 1.82) is 0 Å². The van der Waals surface area contributed by atoms with Crippen LogP contribution in [0.15, 0.2) is 30.3 Å². The average Bonchev–Trinajstić information content (AvgIpc) is 3.26. The highest BCUT2D eigenvalue weighted by molar-refractivity contribution is 5.89. The number of hydrogen-bond donors (Lipinski definition) is 1. The van der Waals surface area contributed by atoms with Gasteiger partial charge < -0.3 is 10.1 Å². The van der Waals surface area contributed by atoms with Gasteiger partial charge in [-0.25, -0.2) is 4.79 Å². The van der Waals surface area contributed by atoms with Gasteiger partial charge in [-0.15, -0.1) is 0 Å². The van der Waals surface area contributed by atoms with Crippen molar-refractivity contribution in [2.45, 2.75) is 25.1 Å². The normalized spacial score (nSPS) is 14.9. The Labute approximate surface area is 125 Å². The van der Waals surface area contributed by atoms with Crippen LogP contribution in [0.5, 0.6) is 0 Å². The molecule has 1 amide bonds. The van der Waals surface area contributed by atoms with Gasteiger partial charge in [-0.3, -0.25) is 4.79 Å². The van der Waals surface area contributed by atoms with Crippen molar-refractivity contribution in [2.24, 2.45) is 0 Å². The third-order valence-electron chi connectivity index (χ3n) is 2.94. The average molecular weight is 313 g/mol. The Bertz CT molecular complexity index is 575. The van der Waals surface area contributed by atoms with E-state index in [1.165, 1.54) is 18.2 Å². The highest BCUT2D eigenvalue weighted by Crippen LogP contribution is 2.29. The summed E-state index contributed by atoms with van der Waals surface area (Å²) in [6, 6.07) is 4.52. The zero-order valence-electron chi connectivity index (χ0n) is 11.5. The Morgan fingerprint density at radius 3 is 2.41 bits per heavy atom. The molecular formula is C15H14F3NO3. The summed E-state index contributed by atoms with van der Waals surface area (Å²) in [6.45, 7) is -0.368. The number of hydrogen-bond acceptors (Lipinski definition) is 3. The summed E-state index contributed by atoms with van der Waals surface area (Å²) >= 11 is 0. The molecular weight excluding hydrogens is 299 g/mol. The summed E-state index contributed by atoms with van der Waals surface area (Å²) in [4.78, 5) is 22.7. The lowest BCUT2D eigenvalue weighted by Gasteiger charge is -2.06. The van der Waals surface area contributed by atoms with Crippen molar-refractivity contribution in [3.05, 3.63) is 41.5 Å². The van der Waals surface area contributed by atoms with Gasteiger partial charge in [0.2, 0.25) is 0 Å². The first kappa shape index (κ1) is 16.1. The highest BCUT2D eigenvalue weighted by atomic mass is 19.4. The third-order valence-corrected chi connectivity index (χ3v) is 2.94. The summed E-state index contributed by atoms with van der Waals surface area (Å²) in [7, 11) is 0. The Kier molecular flexibility index (Phi) is 4.85. The molecule has 4 nitrogen and oxygen atoms in total. The number of ether oxygens (including phenoxy) is 1. The molecule has 22 heavy (non-hydrogen) atoms. The molecule has 0 aromatic heterocycles. The molecule has 1 aliphatic carbocycles. The number of carbonyl (C=O) groups excluding carboxylic acids is 2. The molecule has 0 aliphatic heterocycles. The Balaban J connectivity index is 1.80. The van der Waals surface area contributed by atoms with Gasteiger partial charge >= 0.3 is 12.1 Å². The van der Waals surface area contributed by atoms with Crippen LogP contribution in [-0.2, 0) is 20.5 Å². The van der Waals surface area contributed by atoms with Crippen molar-refractivity contribution in [2.75, 3.05) is 6.61 Å². The third kappa shape index (κ3) is 5.23. The number of alkyl halides is 3. The molecule has 0 heterocycles. The van der Waals surface area contributed by atoms with Crippen LogP contribution in [0.1, 0.15) is 24.0 Å². The quantitative estimate of drug-likeness (QED) is 0.671. The second-order valence-corrected chi connectivity index (χ2v) is 4.90. The van der Waals surface area contributed by atoms with Crippen molar-refractivity contribution in [3.8, 4) is 0 Å². The fourth-order valence-electron chi connectivity index (χ4n) is 1.63. The molecule has 1 N–H and O–H groups in total. The number of nitrogens with one attached hydrogen (secondary N) is 1. The van der Waals surface area contributed by atoms with Gasteiger partial charge in [-0.1, -0.05) is 12.1 Å². The van der Waals surface area contributed by atoms with Crippen molar-refractivity contribution in [1.82, 2.24) is 5.32 Å². The maximum absolute atomic E-state index is 12.4. The molecule has 2 rings (SSSR count). The fraction of sp³-hybridized carbons (Fsp3) is 0.333. The molecule has 0 saturated heterocycles. The van der Waals surface area contributed by atoms with Gasteiger partial charge in [0.25, 0.3) is 5.91 Å². The van der Waals surface area contributed by atoms with Crippen molar-refractivity contribution in [3.63, 3.8) is 0 Å². The van der Waals surface area contributed by atoms with Crippen LogP contribution in [-0.4, -0.2) is 24.5 Å². The van der Waals surface area contributed by atoms with Gasteiger partial charge in [0, 0.05) is 12.1 Å². The second kappa shape index (κ2) is 6.64. The molecule has 0 radical (unpaired) electrons. The largest absolute Gasteiger partial charge is 0.452 e. The predicted octanol–water partition coefficient (Wildman–Crippen LogP) is 2.54. The molecule has 1 saturated carbocycles. The number of amides is 1. The van der Waals surface area contributed by atoms with Crippen molar-refractivity contribution < 1.29 is 27.5 Å². The van der Waals surface area contributed by atoms with Crippen LogP contribution in [0.25, 0.3) is 6.08 Å². The standard InChI is InChI=1S/C15H14F3NO3/c16-15(17,18)11-4-1-10(2-5-11)3-8-14(21)22-9-13(20)19-12-6-7-12/h1-5,8,12H,6-7,9H2,(H,19,20)/b8-3+. The molecule has 0 bridgehead atoms. The van der Waals surface area contributed by atoms with E-state index in [0.29, 0.717) is 5.56 Å². The van der Waals surface area contributed by atoms with E-state index in [1.807, 2.05) is 0 Å². The molecule has 118 valence electrons. The first-order valence-electron chi connectivity index (χ1n) is 6.66. The molecule has 7 heteroatoms. The monoisotopic (exact) mass is 313 g/mol. The Morgan fingerprint density at radius 2 is 1.86 bits per heavy atom. The van der Waals surface area contributed by atoms with E-state index in [1.54, 1.807) is 0 Å². The summed E-state index contributed by atoms with van der Waals surface area (Å²) < 4.78 is 41.8. The fourth-order valence-corrected chi connectivity index (χ4v) is 1.63. The predicted molar refractivity (Wildman–Crippen MR) is 72.6 cm³/mol. The minimum atomic E-state index is -4.39. The van der Waals surface area contributed by atoms with E-state index in [-0.39, 0.29) is 18.6 Å². The zero-order chi connectivity index (χ0) is 16.2. The highest BCUT2D eigenvalue weighted by Gasteiger charge is 2.29. The molecule has 0 unspecified atom stereocenters. The van der Waals surface area contributed by atoms with Gasteiger partial charge in [0.05, 0.1) is 5.56 Å². The van der Waals surface area contributed by atoms with Crippen LogP contribution >= 0.6 is 0 Å². The first-order valence-corrected chi connectivity index (χ1v) is 6.66. The maximum atomic E-state index is 12.4. The number of benzene rings is 1. The van der Waals surface area contributed by atoms with Gasteiger partial charge in [0.15, 0.2) is 6.61 Å². The van der Waals surface area contributed by atoms with Gasteiger partial charge in [0.1, 0.15) is 0 Å². The number of halogens is 3. The summed E-state index contributed by atoms with van der Waals surface area (Å²) in [5, 5.41) is 2.66. The molecule has 0 atom stereocenters. The molecule has 1 aliphatic rings. The van der Waals surface area contributed by atoms with Crippen molar-refractivity contribution >= 4 is 18.0 Å². The summed E-state index contributed by atoms with van der Waals surface area (Å²) in [5.74, 6) is -1.09. The van der Waals surface area contributed by atoms with E-state index in [9.17, 15) is 22.8 Å². The van der Waals surface area contributed by atoms with Crippen LogP contribution in [0.2, 0.25) is 0 Å². The first-order chi connectivity index (χ1) is 10.3. The molecule has 0 spiro atoms. The number of rotatable bonds is 5. The van der Waals surface area contributed by atoms with Crippen LogP contribution in [0.4, 0.5) is 13.2 Å². The SMILES string of the molecule is O=C(COC(=O)/C=C/c1ccc(C(F)(F)F)cc1)NC1CC1. The van der Waals surface area contributed by atoms with E-state index in [2.05, 4.69) is 5.32 Å². The van der Waals surface area contributed by atoms with E-state index >= 15 is 0 Å².